The van der Waals surface area contributed by atoms with Gasteiger partial charge in [0.25, 0.3) is 0 Å². The van der Waals surface area contributed by atoms with Gasteiger partial charge in [0.1, 0.15) is 5.54 Å². The molecule has 1 aliphatic carbocycles. The SMILES string of the molecule is C=CN[C@@H](C(=C)N1CCCC1C(=C)NC1(C(N)=O)CC1C=C)C(C)(C)C. The van der Waals surface area contributed by atoms with E-state index in [9.17, 15) is 4.79 Å². The fourth-order valence-electron chi connectivity index (χ4n) is 4.03. The first kappa shape index (κ1) is 20.1. The third kappa shape index (κ3) is 3.67. The quantitative estimate of drug-likeness (QED) is 0.554. The monoisotopic (exact) mass is 358 g/mol. The van der Waals surface area contributed by atoms with Crippen molar-refractivity contribution in [3.05, 3.63) is 50.0 Å². The highest BCUT2D eigenvalue weighted by molar-refractivity contribution is 5.89. The van der Waals surface area contributed by atoms with Crippen LogP contribution in [0.15, 0.2) is 50.0 Å². The third-order valence-corrected chi connectivity index (χ3v) is 5.63. The van der Waals surface area contributed by atoms with Crippen molar-refractivity contribution < 1.29 is 4.79 Å². The predicted octanol–water partition coefficient (Wildman–Crippen LogP) is 2.65. The first-order valence-electron chi connectivity index (χ1n) is 9.30. The lowest BCUT2D eigenvalue weighted by atomic mass is 9.84. The molecule has 26 heavy (non-hydrogen) atoms. The van der Waals surface area contributed by atoms with Gasteiger partial charge in [-0.2, -0.15) is 0 Å². The molecule has 4 atom stereocenters. The second kappa shape index (κ2) is 7.22. The van der Waals surface area contributed by atoms with Crippen LogP contribution >= 0.6 is 0 Å². The summed E-state index contributed by atoms with van der Waals surface area (Å²) in [5.74, 6) is -0.271. The Morgan fingerprint density at radius 1 is 1.35 bits per heavy atom. The van der Waals surface area contributed by atoms with Crippen molar-refractivity contribution in [3.8, 4) is 0 Å². The fourth-order valence-corrected chi connectivity index (χ4v) is 4.03. The van der Waals surface area contributed by atoms with Gasteiger partial charge in [-0.25, -0.2) is 0 Å². The van der Waals surface area contributed by atoms with E-state index >= 15 is 0 Å². The van der Waals surface area contributed by atoms with E-state index in [1.807, 2.05) is 0 Å². The van der Waals surface area contributed by atoms with Crippen LogP contribution in [0.25, 0.3) is 0 Å². The highest BCUT2D eigenvalue weighted by atomic mass is 16.1. The fraction of sp³-hybridized carbons (Fsp3) is 0.571. The van der Waals surface area contributed by atoms with Crippen LogP contribution in [0.5, 0.6) is 0 Å². The van der Waals surface area contributed by atoms with Crippen molar-refractivity contribution >= 4 is 5.91 Å². The van der Waals surface area contributed by atoms with E-state index in [1.165, 1.54) is 0 Å². The average Bonchev–Trinajstić information content (AvgIpc) is 3.04. The Morgan fingerprint density at radius 2 is 2.00 bits per heavy atom. The minimum Gasteiger partial charge on any atom is -0.383 e. The number of rotatable bonds is 9. The Balaban J connectivity index is 2.15. The summed E-state index contributed by atoms with van der Waals surface area (Å²) in [6.07, 6.45) is 6.23. The largest absolute Gasteiger partial charge is 0.383 e. The van der Waals surface area contributed by atoms with Crippen LogP contribution in [0.4, 0.5) is 0 Å². The predicted molar refractivity (Wildman–Crippen MR) is 108 cm³/mol. The normalized spacial score (nSPS) is 28.8. The van der Waals surface area contributed by atoms with Gasteiger partial charge in [0, 0.05) is 23.9 Å². The topological polar surface area (TPSA) is 70.4 Å². The van der Waals surface area contributed by atoms with Crippen molar-refractivity contribution in [3.63, 3.8) is 0 Å². The number of likely N-dealkylation sites (tertiary alicyclic amines) is 1. The maximum Gasteiger partial charge on any atom is 0.243 e. The standard InChI is InChI=1S/C21H34N4O/c1-8-16-13-21(16,19(22)26)24-14(3)17-11-10-12-25(17)15(4)18(23-9-2)20(5,6)7/h8-9,16-18,23-24H,1-4,10-13H2,5-7H3,(H2,22,26)/t16?,17?,18-,21?/m0/s1. The molecule has 4 N–H and O–H groups in total. The Bertz CT molecular complexity index is 618. The second-order valence-electron chi connectivity index (χ2n) is 8.54. The highest BCUT2D eigenvalue weighted by Crippen LogP contribution is 2.45. The zero-order chi connectivity index (χ0) is 19.7. The molecule has 144 valence electrons. The van der Waals surface area contributed by atoms with E-state index < -0.39 is 5.54 Å². The van der Waals surface area contributed by atoms with Gasteiger partial charge < -0.3 is 21.3 Å². The summed E-state index contributed by atoms with van der Waals surface area (Å²) >= 11 is 0. The van der Waals surface area contributed by atoms with Crippen molar-refractivity contribution in [1.29, 1.82) is 0 Å². The number of nitrogens with two attached hydrogens (primary N) is 1. The summed E-state index contributed by atoms with van der Waals surface area (Å²) in [5.41, 5.74) is 6.76. The molecule has 0 bridgehead atoms. The van der Waals surface area contributed by atoms with Gasteiger partial charge in [-0.15, -0.1) is 6.58 Å². The maximum atomic E-state index is 12.0. The van der Waals surface area contributed by atoms with Crippen molar-refractivity contribution in [2.75, 3.05) is 6.54 Å². The van der Waals surface area contributed by atoms with Gasteiger partial charge in [-0.05, 0) is 30.9 Å². The first-order chi connectivity index (χ1) is 12.1. The molecule has 1 aliphatic heterocycles. The van der Waals surface area contributed by atoms with Gasteiger partial charge in [-0.3, -0.25) is 4.79 Å². The summed E-state index contributed by atoms with van der Waals surface area (Å²) in [4.78, 5) is 14.3. The molecule has 0 aromatic rings. The highest BCUT2D eigenvalue weighted by Gasteiger charge is 2.58. The number of hydrogen-bond acceptors (Lipinski definition) is 4. The summed E-state index contributed by atoms with van der Waals surface area (Å²) in [6.45, 7) is 23.7. The molecule has 2 aliphatic rings. The van der Waals surface area contributed by atoms with E-state index in [2.05, 4.69) is 62.6 Å². The zero-order valence-corrected chi connectivity index (χ0v) is 16.5. The maximum absolute atomic E-state index is 12.0. The van der Waals surface area contributed by atoms with E-state index in [-0.39, 0.29) is 29.3 Å². The number of amides is 1. The van der Waals surface area contributed by atoms with Crippen molar-refractivity contribution in [2.45, 2.75) is 57.7 Å². The Kier molecular flexibility index (Phi) is 5.59. The molecular formula is C21H34N4O. The van der Waals surface area contributed by atoms with Crippen molar-refractivity contribution in [2.24, 2.45) is 17.1 Å². The molecule has 0 radical (unpaired) electrons. The molecular weight excluding hydrogens is 324 g/mol. The van der Waals surface area contributed by atoms with E-state index in [0.717, 1.165) is 30.8 Å². The van der Waals surface area contributed by atoms with Gasteiger partial charge in [0.15, 0.2) is 0 Å². The van der Waals surface area contributed by atoms with Crippen molar-refractivity contribution in [1.82, 2.24) is 15.5 Å². The Morgan fingerprint density at radius 3 is 2.46 bits per heavy atom. The summed E-state index contributed by atoms with van der Waals surface area (Å²) in [6, 6.07) is 0.168. The number of carbonyl (C=O) groups is 1. The molecule has 1 heterocycles. The molecule has 1 saturated carbocycles. The van der Waals surface area contributed by atoms with Gasteiger partial charge >= 0.3 is 0 Å². The first-order valence-corrected chi connectivity index (χ1v) is 9.30. The number of nitrogens with zero attached hydrogens (tertiary/aromatic N) is 1. The molecule has 5 heteroatoms. The van der Waals surface area contributed by atoms with Gasteiger partial charge in [-0.1, -0.05) is 46.6 Å². The van der Waals surface area contributed by atoms with Gasteiger partial charge in [0.2, 0.25) is 5.91 Å². The molecule has 2 rings (SSSR count). The zero-order valence-electron chi connectivity index (χ0n) is 16.5. The van der Waals surface area contributed by atoms with Crippen LogP contribution in [-0.2, 0) is 4.79 Å². The van der Waals surface area contributed by atoms with Gasteiger partial charge in [0.05, 0.1) is 12.1 Å². The van der Waals surface area contributed by atoms with Crippen LogP contribution in [0.2, 0.25) is 0 Å². The van der Waals surface area contributed by atoms with Crippen LogP contribution in [-0.4, -0.2) is 35.0 Å². The summed E-state index contributed by atoms with van der Waals surface area (Å²) in [7, 11) is 0. The molecule has 2 fully saturated rings. The molecule has 0 aromatic heterocycles. The number of hydrogen-bond donors (Lipinski definition) is 3. The smallest absolute Gasteiger partial charge is 0.243 e. The number of carbonyl (C=O) groups excluding carboxylic acids is 1. The number of nitrogens with one attached hydrogen (secondary N) is 2. The molecule has 1 amide bonds. The van der Waals surface area contributed by atoms with E-state index in [4.69, 9.17) is 5.73 Å². The van der Waals surface area contributed by atoms with E-state index in [1.54, 1.807) is 12.3 Å². The molecule has 1 saturated heterocycles. The minimum atomic E-state index is -0.725. The Labute approximate surface area is 158 Å². The van der Waals surface area contributed by atoms with Crippen LogP contribution in [0.3, 0.4) is 0 Å². The molecule has 3 unspecified atom stereocenters. The lowest BCUT2D eigenvalue weighted by Gasteiger charge is -2.40. The lowest BCUT2D eigenvalue weighted by Crippen LogP contribution is -2.50. The van der Waals surface area contributed by atoms with Crippen LogP contribution < -0.4 is 16.4 Å². The average molecular weight is 359 g/mol. The minimum absolute atomic E-state index is 0.00789. The number of primary amides is 1. The van der Waals surface area contributed by atoms with Crippen LogP contribution in [0, 0.1) is 11.3 Å². The van der Waals surface area contributed by atoms with E-state index in [0.29, 0.717) is 6.42 Å². The molecule has 0 spiro atoms. The lowest BCUT2D eigenvalue weighted by molar-refractivity contribution is -0.121. The van der Waals surface area contributed by atoms with Crippen LogP contribution in [0.1, 0.15) is 40.0 Å². The summed E-state index contributed by atoms with van der Waals surface area (Å²) < 4.78 is 0. The molecule has 0 aromatic carbocycles. The third-order valence-electron chi connectivity index (χ3n) is 5.63. The Hall–Kier alpha value is -2.17. The molecule has 5 nitrogen and oxygen atoms in total. The summed E-state index contributed by atoms with van der Waals surface area (Å²) in [5, 5.41) is 6.68. The second-order valence-corrected chi connectivity index (χ2v) is 8.54.